The zero-order chi connectivity index (χ0) is 23.2. The van der Waals surface area contributed by atoms with E-state index in [1.807, 2.05) is 30.1 Å². The number of amides is 1. The summed E-state index contributed by atoms with van der Waals surface area (Å²) < 4.78 is 16.2. The van der Waals surface area contributed by atoms with Crippen molar-refractivity contribution < 1.29 is 19.0 Å². The predicted molar refractivity (Wildman–Crippen MR) is 128 cm³/mol. The van der Waals surface area contributed by atoms with Crippen molar-refractivity contribution in [3.05, 3.63) is 53.6 Å². The van der Waals surface area contributed by atoms with Crippen molar-refractivity contribution in [1.82, 2.24) is 4.90 Å². The molecule has 33 heavy (non-hydrogen) atoms. The highest BCUT2D eigenvalue weighted by Gasteiger charge is 2.61. The molecule has 5 nitrogen and oxygen atoms in total. The van der Waals surface area contributed by atoms with E-state index in [1.54, 1.807) is 21.3 Å². The standard InChI is InChI=1S/C28H35NO4/c1-29(17-19-5-10-24(32-3)25(12-19)33-4)26(30)28-15-20-11-21(16-28)14-27(13-20,18-28)22-6-8-23(31-2)9-7-22/h5-10,12,20-21H,11,13-18H2,1-4H3. The van der Waals surface area contributed by atoms with Crippen LogP contribution in [0.5, 0.6) is 17.2 Å². The number of carbonyl (C=O) groups is 1. The first-order valence-corrected chi connectivity index (χ1v) is 12.0. The molecule has 0 heterocycles. The van der Waals surface area contributed by atoms with E-state index in [9.17, 15) is 4.79 Å². The molecule has 2 atom stereocenters. The number of ether oxygens (including phenoxy) is 3. The maximum Gasteiger partial charge on any atom is 0.228 e. The van der Waals surface area contributed by atoms with Gasteiger partial charge in [0.2, 0.25) is 5.91 Å². The number of hydrogen-bond donors (Lipinski definition) is 0. The lowest BCUT2D eigenvalue weighted by Gasteiger charge is -2.62. The van der Waals surface area contributed by atoms with E-state index in [1.165, 1.54) is 24.8 Å². The van der Waals surface area contributed by atoms with Gasteiger partial charge in [-0.1, -0.05) is 18.2 Å². The van der Waals surface area contributed by atoms with E-state index >= 15 is 0 Å². The third-order valence-electron chi connectivity index (χ3n) is 8.43. The van der Waals surface area contributed by atoms with Gasteiger partial charge in [-0.25, -0.2) is 0 Å². The van der Waals surface area contributed by atoms with Crippen LogP contribution in [0, 0.1) is 17.3 Å². The summed E-state index contributed by atoms with van der Waals surface area (Å²) in [5, 5.41) is 0. The highest BCUT2D eigenvalue weighted by molar-refractivity contribution is 5.83. The molecular formula is C28H35NO4. The van der Waals surface area contributed by atoms with Crippen LogP contribution in [0.1, 0.15) is 49.7 Å². The van der Waals surface area contributed by atoms with Crippen LogP contribution in [0.15, 0.2) is 42.5 Å². The lowest BCUT2D eigenvalue weighted by molar-refractivity contribution is -0.159. The first-order valence-electron chi connectivity index (χ1n) is 12.0. The number of hydrogen-bond acceptors (Lipinski definition) is 4. The molecule has 1 amide bonds. The Morgan fingerprint density at radius 2 is 1.58 bits per heavy atom. The Hall–Kier alpha value is -2.69. The van der Waals surface area contributed by atoms with Crippen LogP contribution in [-0.2, 0) is 16.8 Å². The Morgan fingerprint density at radius 1 is 0.909 bits per heavy atom. The average Bonchev–Trinajstić information content (AvgIpc) is 2.82. The van der Waals surface area contributed by atoms with Crippen LogP contribution < -0.4 is 14.2 Å². The van der Waals surface area contributed by atoms with Gasteiger partial charge in [-0.15, -0.1) is 0 Å². The molecular weight excluding hydrogens is 414 g/mol. The molecule has 4 aliphatic rings. The summed E-state index contributed by atoms with van der Waals surface area (Å²) in [6.45, 7) is 0.575. The van der Waals surface area contributed by atoms with Crippen molar-refractivity contribution in [1.29, 1.82) is 0 Å². The molecule has 2 aromatic rings. The zero-order valence-corrected chi connectivity index (χ0v) is 20.2. The fourth-order valence-electron chi connectivity index (χ4n) is 7.52. The van der Waals surface area contributed by atoms with E-state index < -0.39 is 0 Å². The molecule has 2 aromatic carbocycles. The van der Waals surface area contributed by atoms with Gasteiger partial charge >= 0.3 is 0 Å². The van der Waals surface area contributed by atoms with Crippen molar-refractivity contribution in [3.8, 4) is 17.2 Å². The average molecular weight is 450 g/mol. The van der Waals surface area contributed by atoms with Gasteiger partial charge in [-0.2, -0.15) is 0 Å². The van der Waals surface area contributed by atoms with Crippen LogP contribution in [-0.4, -0.2) is 39.2 Å². The second-order valence-corrected chi connectivity index (χ2v) is 10.6. The number of nitrogens with zero attached hydrogens (tertiary/aromatic N) is 1. The Bertz CT molecular complexity index is 1020. The lowest BCUT2D eigenvalue weighted by atomic mass is 9.42. The quantitative estimate of drug-likeness (QED) is 0.582. The van der Waals surface area contributed by atoms with Gasteiger partial charge in [0.05, 0.1) is 26.7 Å². The molecule has 6 rings (SSSR count). The van der Waals surface area contributed by atoms with Crippen molar-refractivity contribution in [3.63, 3.8) is 0 Å². The zero-order valence-electron chi connectivity index (χ0n) is 20.2. The van der Waals surface area contributed by atoms with Crippen LogP contribution in [0.2, 0.25) is 0 Å². The fourth-order valence-corrected chi connectivity index (χ4v) is 7.52. The van der Waals surface area contributed by atoms with Crippen molar-refractivity contribution in [2.45, 2.75) is 50.5 Å². The Morgan fingerprint density at radius 3 is 2.18 bits per heavy atom. The van der Waals surface area contributed by atoms with Gasteiger partial charge in [0.25, 0.3) is 0 Å². The summed E-state index contributed by atoms with van der Waals surface area (Å²) in [6, 6.07) is 14.5. The summed E-state index contributed by atoms with van der Waals surface area (Å²) in [7, 11) is 6.95. The smallest absolute Gasteiger partial charge is 0.228 e. The normalized spacial score (nSPS) is 29.6. The number of methoxy groups -OCH3 is 3. The third kappa shape index (κ3) is 3.75. The number of benzene rings is 2. The molecule has 0 N–H and O–H groups in total. The van der Waals surface area contributed by atoms with Gasteiger partial charge in [-0.05, 0) is 91.2 Å². The third-order valence-corrected chi connectivity index (χ3v) is 8.43. The fraction of sp³-hybridized carbons (Fsp3) is 0.536. The van der Waals surface area contributed by atoms with Gasteiger partial charge in [0.15, 0.2) is 11.5 Å². The van der Waals surface area contributed by atoms with Crippen LogP contribution >= 0.6 is 0 Å². The monoisotopic (exact) mass is 449 g/mol. The molecule has 4 bridgehead atoms. The largest absolute Gasteiger partial charge is 0.497 e. The molecule has 0 saturated heterocycles. The van der Waals surface area contributed by atoms with Gasteiger partial charge in [-0.3, -0.25) is 4.79 Å². The van der Waals surface area contributed by atoms with Gasteiger partial charge in [0.1, 0.15) is 5.75 Å². The van der Waals surface area contributed by atoms with E-state index in [4.69, 9.17) is 14.2 Å². The van der Waals surface area contributed by atoms with Crippen LogP contribution in [0.3, 0.4) is 0 Å². The number of carbonyl (C=O) groups excluding carboxylic acids is 1. The van der Waals surface area contributed by atoms with E-state index in [0.29, 0.717) is 35.8 Å². The van der Waals surface area contributed by atoms with E-state index in [0.717, 1.165) is 30.6 Å². The maximum atomic E-state index is 14.0. The van der Waals surface area contributed by atoms with E-state index in [2.05, 4.69) is 24.3 Å². The summed E-state index contributed by atoms with van der Waals surface area (Å²) in [5.41, 5.74) is 2.32. The second-order valence-electron chi connectivity index (χ2n) is 10.6. The topological polar surface area (TPSA) is 48.0 Å². The molecule has 176 valence electrons. The Kier molecular flexibility index (Phi) is 5.54. The second kappa shape index (κ2) is 8.27. The predicted octanol–water partition coefficient (Wildman–Crippen LogP) is 5.21. The SMILES string of the molecule is COc1ccc(C23CC4CC(CC(C(=O)N(C)Cc5ccc(OC)c(OC)c5)(C4)C2)C3)cc1. The Labute approximate surface area is 197 Å². The number of rotatable bonds is 7. The molecule has 5 heteroatoms. The summed E-state index contributed by atoms with van der Waals surface area (Å²) in [4.78, 5) is 15.9. The highest BCUT2D eigenvalue weighted by Crippen LogP contribution is 2.66. The lowest BCUT2D eigenvalue weighted by Crippen LogP contribution is -2.59. The highest BCUT2D eigenvalue weighted by atomic mass is 16.5. The van der Waals surface area contributed by atoms with Crippen LogP contribution in [0.25, 0.3) is 0 Å². The van der Waals surface area contributed by atoms with Gasteiger partial charge < -0.3 is 19.1 Å². The van der Waals surface area contributed by atoms with Crippen molar-refractivity contribution in [2.75, 3.05) is 28.4 Å². The maximum absolute atomic E-state index is 14.0. The van der Waals surface area contributed by atoms with Crippen molar-refractivity contribution in [2.24, 2.45) is 17.3 Å². The van der Waals surface area contributed by atoms with Gasteiger partial charge in [0, 0.05) is 13.6 Å². The minimum Gasteiger partial charge on any atom is -0.497 e. The molecule has 0 spiro atoms. The molecule has 2 unspecified atom stereocenters. The first-order chi connectivity index (χ1) is 15.9. The minimum absolute atomic E-state index is 0.121. The van der Waals surface area contributed by atoms with Crippen molar-refractivity contribution >= 4 is 5.91 Å². The van der Waals surface area contributed by atoms with Crippen LogP contribution in [0.4, 0.5) is 0 Å². The summed E-state index contributed by atoms with van der Waals surface area (Å²) >= 11 is 0. The molecule has 4 saturated carbocycles. The molecule has 4 fully saturated rings. The minimum atomic E-state index is -0.241. The molecule has 0 aliphatic heterocycles. The summed E-state index contributed by atoms with van der Waals surface area (Å²) in [6.07, 6.45) is 6.75. The Balaban J connectivity index is 1.39. The first kappa shape index (κ1) is 22.1. The molecule has 0 radical (unpaired) electrons. The van der Waals surface area contributed by atoms with E-state index in [-0.39, 0.29) is 10.8 Å². The molecule has 0 aromatic heterocycles. The molecule has 4 aliphatic carbocycles. The summed E-state index contributed by atoms with van der Waals surface area (Å²) in [5.74, 6) is 3.90.